The Kier molecular flexibility index (Phi) is 5.37. The fourth-order valence-corrected chi connectivity index (χ4v) is 3.01. The van der Waals surface area contributed by atoms with Gasteiger partial charge in [-0.3, -0.25) is 9.59 Å². The second-order valence-corrected chi connectivity index (χ2v) is 6.13. The summed E-state index contributed by atoms with van der Waals surface area (Å²) in [5, 5.41) is 7.04. The van der Waals surface area contributed by atoms with Gasteiger partial charge in [0.15, 0.2) is 5.82 Å². The average Bonchev–Trinajstić information content (AvgIpc) is 3.17. The molecule has 1 atom stereocenters. The van der Waals surface area contributed by atoms with E-state index in [1.54, 1.807) is 34.2 Å². The van der Waals surface area contributed by atoms with E-state index in [4.69, 9.17) is 0 Å². The molecule has 25 heavy (non-hydrogen) atoms. The van der Waals surface area contributed by atoms with E-state index in [1.165, 1.54) is 6.33 Å². The highest BCUT2D eigenvalue weighted by Gasteiger charge is 2.28. The molecule has 1 aliphatic heterocycles. The minimum absolute atomic E-state index is 0.114. The molecule has 0 spiro atoms. The van der Waals surface area contributed by atoms with Crippen molar-refractivity contribution in [2.24, 2.45) is 5.92 Å². The molecule has 1 fully saturated rings. The maximum Gasteiger partial charge on any atom is 0.229 e. The van der Waals surface area contributed by atoms with Gasteiger partial charge >= 0.3 is 0 Å². The third kappa shape index (κ3) is 4.01. The molecule has 1 saturated heterocycles. The number of aromatic nitrogens is 4. The van der Waals surface area contributed by atoms with Crippen LogP contribution in [0.5, 0.6) is 0 Å². The first-order chi connectivity index (χ1) is 12.2. The molecule has 0 radical (unpaired) electrons. The standard InChI is InChI=1S/C17H22N6O2/c1-2-5-15(24)22-8-3-6-13(11-22)17(25)21-14-10-18-12-19-16(14)23-9-4-7-20-23/h4,7,9-10,12-13H,2-3,5-6,8,11H2,1H3,(H,21,25). The first-order valence-corrected chi connectivity index (χ1v) is 8.57. The van der Waals surface area contributed by atoms with Crippen LogP contribution >= 0.6 is 0 Å². The number of hydrogen-bond donors (Lipinski definition) is 1. The monoisotopic (exact) mass is 342 g/mol. The normalized spacial score (nSPS) is 17.3. The molecular weight excluding hydrogens is 320 g/mol. The van der Waals surface area contributed by atoms with Gasteiger partial charge < -0.3 is 10.2 Å². The van der Waals surface area contributed by atoms with Gasteiger partial charge in [-0.05, 0) is 25.3 Å². The van der Waals surface area contributed by atoms with Gasteiger partial charge in [0.2, 0.25) is 11.8 Å². The van der Waals surface area contributed by atoms with Gasteiger partial charge in [0.1, 0.15) is 12.0 Å². The molecule has 0 aliphatic carbocycles. The third-order valence-corrected chi connectivity index (χ3v) is 4.28. The van der Waals surface area contributed by atoms with E-state index in [0.29, 0.717) is 24.5 Å². The van der Waals surface area contributed by atoms with Crippen molar-refractivity contribution >= 4 is 17.5 Å². The fourth-order valence-electron chi connectivity index (χ4n) is 3.01. The number of likely N-dealkylation sites (tertiary alicyclic amines) is 1. The molecule has 8 nitrogen and oxygen atoms in total. The summed E-state index contributed by atoms with van der Waals surface area (Å²) in [5.74, 6) is 0.306. The molecule has 0 bridgehead atoms. The van der Waals surface area contributed by atoms with Gasteiger partial charge in [-0.25, -0.2) is 14.6 Å². The lowest BCUT2D eigenvalue weighted by molar-refractivity contribution is -0.134. The second-order valence-electron chi connectivity index (χ2n) is 6.13. The minimum Gasteiger partial charge on any atom is -0.342 e. The van der Waals surface area contributed by atoms with Gasteiger partial charge in [0.05, 0.1) is 12.1 Å². The van der Waals surface area contributed by atoms with Crippen LogP contribution in [0.15, 0.2) is 31.0 Å². The average molecular weight is 342 g/mol. The van der Waals surface area contributed by atoms with Crippen molar-refractivity contribution in [3.05, 3.63) is 31.0 Å². The van der Waals surface area contributed by atoms with Gasteiger partial charge in [0.25, 0.3) is 0 Å². The molecule has 8 heteroatoms. The van der Waals surface area contributed by atoms with Crippen molar-refractivity contribution in [1.82, 2.24) is 24.6 Å². The van der Waals surface area contributed by atoms with E-state index in [-0.39, 0.29) is 17.7 Å². The summed E-state index contributed by atoms with van der Waals surface area (Å²) >= 11 is 0. The van der Waals surface area contributed by atoms with Crippen molar-refractivity contribution in [3.63, 3.8) is 0 Å². The summed E-state index contributed by atoms with van der Waals surface area (Å²) in [6, 6.07) is 1.78. The van der Waals surface area contributed by atoms with E-state index >= 15 is 0 Å². The molecule has 0 aromatic carbocycles. The summed E-state index contributed by atoms with van der Waals surface area (Å²) in [4.78, 5) is 34.8. The van der Waals surface area contributed by atoms with E-state index in [0.717, 1.165) is 25.8 Å². The topological polar surface area (TPSA) is 93.0 Å². The maximum atomic E-state index is 12.7. The molecule has 3 heterocycles. The number of nitrogens with zero attached hydrogens (tertiary/aromatic N) is 5. The van der Waals surface area contributed by atoms with Gasteiger partial charge in [-0.1, -0.05) is 6.92 Å². The van der Waals surface area contributed by atoms with Crippen LogP contribution in [0.25, 0.3) is 5.82 Å². The molecule has 3 rings (SSSR count). The summed E-state index contributed by atoms with van der Waals surface area (Å²) in [5.41, 5.74) is 0.508. The van der Waals surface area contributed by atoms with Crippen LogP contribution in [0.3, 0.4) is 0 Å². The number of carbonyl (C=O) groups excluding carboxylic acids is 2. The van der Waals surface area contributed by atoms with Crippen LogP contribution in [0.4, 0.5) is 5.69 Å². The van der Waals surface area contributed by atoms with Crippen LogP contribution in [0.2, 0.25) is 0 Å². The van der Waals surface area contributed by atoms with Crippen molar-refractivity contribution in [3.8, 4) is 5.82 Å². The lowest BCUT2D eigenvalue weighted by Gasteiger charge is -2.32. The third-order valence-electron chi connectivity index (χ3n) is 4.28. The molecule has 1 N–H and O–H groups in total. The largest absolute Gasteiger partial charge is 0.342 e. The fraction of sp³-hybridized carbons (Fsp3) is 0.471. The van der Waals surface area contributed by atoms with E-state index in [9.17, 15) is 9.59 Å². The Bertz CT molecular complexity index is 730. The van der Waals surface area contributed by atoms with Gasteiger partial charge in [-0.2, -0.15) is 5.10 Å². The van der Waals surface area contributed by atoms with Crippen molar-refractivity contribution in [1.29, 1.82) is 0 Å². The Morgan fingerprint density at radius 3 is 3.04 bits per heavy atom. The van der Waals surface area contributed by atoms with E-state index in [2.05, 4.69) is 20.4 Å². The quantitative estimate of drug-likeness (QED) is 0.891. The highest BCUT2D eigenvalue weighted by Crippen LogP contribution is 2.21. The Hall–Kier alpha value is -2.77. The van der Waals surface area contributed by atoms with Crippen LogP contribution in [0, 0.1) is 5.92 Å². The molecule has 0 saturated carbocycles. The smallest absolute Gasteiger partial charge is 0.229 e. The van der Waals surface area contributed by atoms with Crippen LogP contribution in [0.1, 0.15) is 32.6 Å². The summed E-state index contributed by atoms with van der Waals surface area (Å²) in [6.45, 7) is 3.18. The van der Waals surface area contributed by atoms with E-state index in [1.807, 2.05) is 6.92 Å². The molecular formula is C17H22N6O2. The Labute approximate surface area is 146 Å². The summed E-state index contributed by atoms with van der Waals surface area (Å²) < 4.78 is 1.58. The van der Waals surface area contributed by atoms with Crippen molar-refractivity contribution < 1.29 is 9.59 Å². The Morgan fingerprint density at radius 1 is 1.40 bits per heavy atom. The Morgan fingerprint density at radius 2 is 2.28 bits per heavy atom. The minimum atomic E-state index is -0.222. The number of nitrogens with one attached hydrogen (secondary N) is 1. The van der Waals surface area contributed by atoms with Crippen LogP contribution in [-0.2, 0) is 9.59 Å². The molecule has 2 amide bonds. The molecule has 1 unspecified atom stereocenters. The number of piperidine rings is 1. The number of hydrogen-bond acceptors (Lipinski definition) is 5. The zero-order chi connectivity index (χ0) is 17.6. The number of carbonyl (C=O) groups is 2. The highest BCUT2D eigenvalue weighted by atomic mass is 16.2. The number of rotatable bonds is 5. The number of amides is 2. The highest BCUT2D eigenvalue weighted by molar-refractivity contribution is 5.94. The summed E-state index contributed by atoms with van der Waals surface area (Å²) in [7, 11) is 0. The lowest BCUT2D eigenvalue weighted by Crippen LogP contribution is -2.43. The second kappa shape index (κ2) is 7.87. The Balaban J connectivity index is 1.69. The zero-order valence-corrected chi connectivity index (χ0v) is 14.3. The van der Waals surface area contributed by atoms with E-state index < -0.39 is 0 Å². The van der Waals surface area contributed by atoms with Gasteiger partial charge in [0, 0.05) is 31.9 Å². The lowest BCUT2D eigenvalue weighted by atomic mass is 9.96. The van der Waals surface area contributed by atoms with Crippen LogP contribution < -0.4 is 5.32 Å². The number of anilines is 1. The van der Waals surface area contributed by atoms with Crippen molar-refractivity contribution in [2.75, 3.05) is 18.4 Å². The summed E-state index contributed by atoms with van der Waals surface area (Å²) in [6.07, 6.45) is 9.33. The predicted molar refractivity (Wildman–Crippen MR) is 92.0 cm³/mol. The maximum absolute atomic E-state index is 12.7. The zero-order valence-electron chi connectivity index (χ0n) is 14.3. The van der Waals surface area contributed by atoms with Gasteiger partial charge in [-0.15, -0.1) is 0 Å². The van der Waals surface area contributed by atoms with Crippen LogP contribution in [-0.4, -0.2) is 49.6 Å². The first-order valence-electron chi connectivity index (χ1n) is 8.57. The van der Waals surface area contributed by atoms with Crippen molar-refractivity contribution in [2.45, 2.75) is 32.6 Å². The SMILES string of the molecule is CCCC(=O)N1CCCC(C(=O)Nc2cncnc2-n2cccn2)C1. The first kappa shape index (κ1) is 17.1. The molecule has 2 aromatic rings. The molecule has 1 aliphatic rings. The predicted octanol–water partition coefficient (Wildman–Crippen LogP) is 1.64. The molecule has 132 valence electrons. The molecule has 2 aromatic heterocycles.